The molecule has 8 heteroatoms. The predicted octanol–water partition coefficient (Wildman–Crippen LogP) is 4.03. The number of carbonyl (C=O) groups is 1. The Bertz CT molecular complexity index is 943. The Morgan fingerprint density at radius 3 is 2.30 bits per heavy atom. The van der Waals surface area contributed by atoms with Gasteiger partial charge in [0.1, 0.15) is 18.1 Å². The van der Waals surface area contributed by atoms with E-state index in [1.165, 1.54) is 0 Å². The fourth-order valence-corrected chi connectivity index (χ4v) is 3.30. The molecule has 0 aliphatic heterocycles. The number of hydrogen-bond donors (Lipinski definition) is 3. The zero-order valence-electron chi connectivity index (χ0n) is 16.5. The van der Waals surface area contributed by atoms with Crippen LogP contribution < -0.4 is 25.6 Å². The van der Waals surface area contributed by atoms with Crippen molar-refractivity contribution in [3.63, 3.8) is 0 Å². The highest BCUT2D eigenvalue weighted by molar-refractivity contribution is 7.80. The highest BCUT2D eigenvalue weighted by Gasteiger charge is 2.06. The van der Waals surface area contributed by atoms with Gasteiger partial charge >= 0.3 is 0 Å². The zero-order valence-corrected chi connectivity index (χ0v) is 18.1. The van der Waals surface area contributed by atoms with Crippen molar-refractivity contribution >= 4 is 34.6 Å². The molecule has 6 nitrogen and oxygen atoms in total. The van der Waals surface area contributed by atoms with Gasteiger partial charge in [-0.2, -0.15) is 0 Å². The van der Waals surface area contributed by atoms with Gasteiger partial charge in [-0.25, -0.2) is 0 Å². The lowest BCUT2D eigenvalue weighted by molar-refractivity contribution is 0.0943. The highest BCUT2D eigenvalue weighted by atomic mass is 32.1. The molecule has 3 N–H and O–H groups in total. The van der Waals surface area contributed by atoms with E-state index in [9.17, 15) is 4.79 Å². The summed E-state index contributed by atoms with van der Waals surface area (Å²) in [6, 6.07) is 18.7. The lowest BCUT2D eigenvalue weighted by Crippen LogP contribution is -2.46. The van der Waals surface area contributed by atoms with Crippen LogP contribution in [0.15, 0.2) is 66.0 Å². The topological polar surface area (TPSA) is 71.6 Å². The normalized spacial score (nSPS) is 10.2. The van der Waals surface area contributed by atoms with Gasteiger partial charge in [-0.1, -0.05) is 18.2 Å². The van der Waals surface area contributed by atoms with Gasteiger partial charge in [-0.15, -0.1) is 11.3 Å². The Morgan fingerprint density at radius 1 is 0.967 bits per heavy atom. The van der Waals surface area contributed by atoms with Crippen LogP contribution in [0.1, 0.15) is 27.7 Å². The van der Waals surface area contributed by atoms with E-state index >= 15 is 0 Å². The first-order chi connectivity index (χ1) is 14.6. The summed E-state index contributed by atoms with van der Waals surface area (Å²) in [5.41, 5.74) is 6.78. The van der Waals surface area contributed by atoms with Gasteiger partial charge in [-0.3, -0.25) is 15.6 Å². The first kappa shape index (κ1) is 21.6. The monoisotopic (exact) mass is 441 g/mol. The number of rotatable bonds is 8. The van der Waals surface area contributed by atoms with Crippen molar-refractivity contribution < 1.29 is 14.3 Å². The molecule has 0 bridgehead atoms. The second-order valence-corrected chi connectivity index (χ2v) is 7.67. The largest absolute Gasteiger partial charge is 0.494 e. The Kier molecular flexibility index (Phi) is 8.05. The van der Waals surface area contributed by atoms with Gasteiger partial charge < -0.3 is 14.8 Å². The van der Waals surface area contributed by atoms with E-state index in [0.29, 0.717) is 30.4 Å². The molecular weight excluding hydrogens is 418 g/mol. The smallest absolute Gasteiger partial charge is 0.269 e. The molecule has 0 spiro atoms. The van der Waals surface area contributed by atoms with Crippen molar-refractivity contribution in [1.82, 2.24) is 16.2 Å². The van der Waals surface area contributed by atoms with Crippen molar-refractivity contribution in [3.05, 3.63) is 82.0 Å². The molecular formula is C22H23N3O3S2. The van der Waals surface area contributed by atoms with Crippen LogP contribution >= 0.6 is 23.6 Å². The Balaban J connectivity index is 1.41. The maximum atomic E-state index is 12.3. The molecule has 1 amide bonds. The van der Waals surface area contributed by atoms with Crippen LogP contribution in [-0.4, -0.2) is 17.6 Å². The third-order valence-corrected chi connectivity index (χ3v) is 5.17. The number of hydrazine groups is 1. The van der Waals surface area contributed by atoms with Crippen molar-refractivity contribution in [3.8, 4) is 11.5 Å². The summed E-state index contributed by atoms with van der Waals surface area (Å²) in [5, 5.41) is 5.40. The van der Waals surface area contributed by atoms with E-state index in [-0.39, 0.29) is 5.91 Å². The van der Waals surface area contributed by atoms with Gasteiger partial charge in [0.15, 0.2) is 5.11 Å². The van der Waals surface area contributed by atoms with Crippen LogP contribution in [0.25, 0.3) is 0 Å². The first-order valence-corrected chi connectivity index (χ1v) is 10.7. The molecule has 0 unspecified atom stereocenters. The number of amides is 1. The lowest BCUT2D eigenvalue weighted by atomic mass is 10.1. The summed E-state index contributed by atoms with van der Waals surface area (Å²) in [4.78, 5) is 13.4. The number of hydrogen-bond acceptors (Lipinski definition) is 5. The summed E-state index contributed by atoms with van der Waals surface area (Å²) in [6.07, 6.45) is 0. The standard InChI is InChI=1S/C22H23N3O3S2/c1-2-27-18-9-11-19(12-10-18)28-15-16-5-7-17(8-6-16)21(26)24-25-22(29)23-14-20-4-3-13-30-20/h3-13H,2,14-15H2,1H3,(H,24,26)(H2,23,25,29). The Morgan fingerprint density at radius 2 is 1.67 bits per heavy atom. The fraction of sp³-hybridized carbons (Fsp3) is 0.182. The third-order valence-electron chi connectivity index (χ3n) is 4.05. The van der Waals surface area contributed by atoms with E-state index in [4.69, 9.17) is 21.7 Å². The molecule has 0 saturated carbocycles. The molecule has 30 heavy (non-hydrogen) atoms. The van der Waals surface area contributed by atoms with Crippen LogP contribution in [0.3, 0.4) is 0 Å². The molecule has 0 aliphatic carbocycles. The summed E-state index contributed by atoms with van der Waals surface area (Å²) in [6.45, 7) is 3.60. The molecule has 3 aromatic rings. The molecule has 156 valence electrons. The number of thiocarbonyl (C=S) groups is 1. The van der Waals surface area contributed by atoms with Crippen molar-refractivity contribution in [2.75, 3.05) is 6.61 Å². The van der Waals surface area contributed by atoms with E-state index in [0.717, 1.165) is 21.9 Å². The Hall–Kier alpha value is -3.10. The van der Waals surface area contributed by atoms with Gasteiger partial charge in [0.2, 0.25) is 0 Å². The second kappa shape index (κ2) is 11.2. The molecule has 3 rings (SSSR count). The summed E-state index contributed by atoms with van der Waals surface area (Å²) >= 11 is 6.80. The second-order valence-electron chi connectivity index (χ2n) is 6.23. The average Bonchev–Trinajstić information content (AvgIpc) is 3.30. The van der Waals surface area contributed by atoms with Crippen LogP contribution in [0.5, 0.6) is 11.5 Å². The number of ether oxygens (including phenoxy) is 2. The summed E-state index contributed by atoms with van der Waals surface area (Å²) in [7, 11) is 0. The van der Waals surface area contributed by atoms with Crippen LogP contribution in [-0.2, 0) is 13.2 Å². The molecule has 0 radical (unpaired) electrons. The fourth-order valence-electron chi connectivity index (χ4n) is 2.53. The van der Waals surface area contributed by atoms with Gasteiger partial charge in [0.25, 0.3) is 5.91 Å². The van der Waals surface area contributed by atoms with Gasteiger partial charge in [0, 0.05) is 10.4 Å². The average molecular weight is 442 g/mol. The first-order valence-electron chi connectivity index (χ1n) is 9.45. The number of nitrogens with one attached hydrogen (secondary N) is 3. The van der Waals surface area contributed by atoms with Crippen molar-refractivity contribution in [2.45, 2.75) is 20.1 Å². The van der Waals surface area contributed by atoms with Gasteiger partial charge in [0.05, 0.1) is 13.2 Å². The van der Waals surface area contributed by atoms with E-state index in [1.807, 2.05) is 60.8 Å². The minimum absolute atomic E-state index is 0.269. The zero-order chi connectivity index (χ0) is 21.2. The van der Waals surface area contributed by atoms with Crippen LogP contribution in [0.4, 0.5) is 0 Å². The molecule has 0 aliphatic rings. The highest BCUT2D eigenvalue weighted by Crippen LogP contribution is 2.18. The minimum atomic E-state index is -0.269. The summed E-state index contributed by atoms with van der Waals surface area (Å²) < 4.78 is 11.2. The molecule has 0 atom stereocenters. The van der Waals surface area contributed by atoms with Crippen molar-refractivity contribution in [2.24, 2.45) is 0 Å². The van der Waals surface area contributed by atoms with E-state index in [1.54, 1.807) is 23.5 Å². The SMILES string of the molecule is CCOc1ccc(OCc2ccc(C(=O)NNC(=S)NCc3cccs3)cc2)cc1. The molecule has 2 aromatic carbocycles. The summed E-state index contributed by atoms with van der Waals surface area (Å²) in [5.74, 6) is 1.30. The molecule has 0 fully saturated rings. The van der Waals surface area contributed by atoms with E-state index in [2.05, 4.69) is 16.2 Å². The molecule has 0 saturated heterocycles. The Labute approximate surface area is 185 Å². The van der Waals surface area contributed by atoms with Crippen LogP contribution in [0.2, 0.25) is 0 Å². The lowest BCUT2D eigenvalue weighted by Gasteiger charge is -2.11. The third kappa shape index (κ3) is 6.75. The van der Waals surface area contributed by atoms with Gasteiger partial charge in [-0.05, 0) is 72.5 Å². The number of carbonyl (C=O) groups excluding carboxylic acids is 1. The number of benzene rings is 2. The maximum absolute atomic E-state index is 12.3. The van der Waals surface area contributed by atoms with E-state index < -0.39 is 0 Å². The minimum Gasteiger partial charge on any atom is -0.494 e. The number of thiophene rings is 1. The quantitative estimate of drug-likeness (QED) is 0.362. The van der Waals surface area contributed by atoms with Crippen LogP contribution in [0, 0.1) is 0 Å². The molecule has 1 heterocycles. The van der Waals surface area contributed by atoms with Crippen molar-refractivity contribution in [1.29, 1.82) is 0 Å². The molecule has 1 aromatic heterocycles. The maximum Gasteiger partial charge on any atom is 0.269 e. The predicted molar refractivity (Wildman–Crippen MR) is 123 cm³/mol.